The third-order valence-corrected chi connectivity index (χ3v) is 2.87. The van der Waals surface area contributed by atoms with E-state index in [9.17, 15) is 14.9 Å². The summed E-state index contributed by atoms with van der Waals surface area (Å²) in [6.45, 7) is 1.05. The van der Waals surface area contributed by atoms with Crippen molar-refractivity contribution in [1.82, 2.24) is 15.1 Å². The Morgan fingerprint density at radius 3 is 2.95 bits per heavy atom. The van der Waals surface area contributed by atoms with Crippen molar-refractivity contribution >= 4 is 17.3 Å². The molecule has 0 fully saturated rings. The fourth-order valence-corrected chi connectivity index (χ4v) is 1.87. The van der Waals surface area contributed by atoms with E-state index in [1.54, 1.807) is 10.9 Å². The van der Waals surface area contributed by atoms with E-state index in [1.807, 2.05) is 12.3 Å². The molecule has 1 amide bonds. The molecule has 8 heteroatoms. The minimum absolute atomic E-state index is 0.0286. The molecule has 0 unspecified atom stereocenters. The molecule has 0 bridgehead atoms. The van der Waals surface area contributed by atoms with Crippen LogP contribution in [-0.2, 0) is 6.54 Å². The van der Waals surface area contributed by atoms with Crippen LogP contribution in [0.15, 0.2) is 36.7 Å². The number of nitrogens with two attached hydrogens (primary N) is 1. The van der Waals surface area contributed by atoms with Crippen molar-refractivity contribution in [2.75, 3.05) is 12.3 Å². The van der Waals surface area contributed by atoms with Gasteiger partial charge in [-0.3, -0.25) is 19.6 Å². The van der Waals surface area contributed by atoms with E-state index >= 15 is 0 Å². The number of nitrogens with one attached hydrogen (secondary N) is 1. The van der Waals surface area contributed by atoms with Crippen molar-refractivity contribution in [2.24, 2.45) is 0 Å². The largest absolute Gasteiger partial charge is 0.399 e. The highest BCUT2D eigenvalue weighted by Gasteiger charge is 2.19. The number of benzene rings is 1. The number of hydrogen-bond acceptors (Lipinski definition) is 5. The number of anilines is 1. The molecular weight excluding hydrogens is 274 g/mol. The van der Waals surface area contributed by atoms with Crippen molar-refractivity contribution in [3.8, 4) is 0 Å². The Labute approximate surface area is 120 Å². The summed E-state index contributed by atoms with van der Waals surface area (Å²) in [6.07, 6.45) is 4.17. The second-order valence-electron chi connectivity index (χ2n) is 4.41. The van der Waals surface area contributed by atoms with Crippen LogP contribution in [0, 0.1) is 10.1 Å². The van der Waals surface area contributed by atoms with Crippen LogP contribution >= 0.6 is 0 Å². The Balaban J connectivity index is 1.93. The molecule has 0 atom stereocenters. The molecule has 0 radical (unpaired) electrons. The first-order valence-corrected chi connectivity index (χ1v) is 6.37. The third kappa shape index (κ3) is 3.78. The maximum atomic E-state index is 12.0. The number of nitro benzene ring substituents is 1. The summed E-state index contributed by atoms with van der Waals surface area (Å²) < 4.78 is 1.75. The Kier molecular flexibility index (Phi) is 4.50. The van der Waals surface area contributed by atoms with E-state index in [1.165, 1.54) is 18.2 Å². The molecule has 2 aromatic rings. The highest BCUT2D eigenvalue weighted by Crippen LogP contribution is 2.20. The predicted octanol–water partition coefficient (Wildman–Crippen LogP) is 1.19. The van der Waals surface area contributed by atoms with Gasteiger partial charge in [0.25, 0.3) is 11.6 Å². The lowest BCUT2D eigenvalue weighted by Gasteiger charge is -2.07. The molecule has 3 N–H and O–H groups in total. The second kappa shape index (κ2) is 6.51. The summed E-state index contributed by atoms with van der Waals surface area (Å²) in [7, 11) is 0. The normalized spacial score (nSPS) is 10.3. The van der Waals surface area contributed by atoms with Crippen molar-refractivity contribution in [2.45, 2.75) is 13.0 Å². The molecule has 2 rings (SSSR count). The number of nitro groups is 1. The molecule has 0 saturated carbocycles. The van der Waals surface area contributed by atoms with E-state index in [-0.39, 0.29) is 11.3 Å². The zero-order valence-corrected chi connectivity index (χ0v) is 11.2. The van der Waals surface area contributed by atoms with Gasteiger partial charge in [0.15, 0.2) is 0 Å². The van der Waals surface area contributed by atoms with Gasteiger partial charge in [0, 0.05) is 37.2 Å². The monoisotopic (exact) mass is 289 g/mol. The minimum atomic E-state index is -0.599. The van der Waals surface area contributed by atoms with Gasteiger partial charge >= 0.3 is 0 Å². The standard InChI is InChI=1S/C13H15N5O3/c14-10-3-4-12(18(20)21)11(9-10)13(19)15-5-1-7-17-8-2-6-16-17/h2-4,6,8-9H,1,5,7,14H2,(H,15,19). The number of aromatic nitrogens is 2. The SMILES string of the molecule is Nc1ccc([N+](=O)[O-])c(C(=O)NCCCn2cccn2)c1. The van der Waals surface area contributed by atoms with Crippen LogP contribution < -0.4 is 11.1 Å². The Morgan fingerprint density at radius 1 is 1.48 bits per heavy atom. The molecule has 1 heterocycles. The third-order valence-electron chi connectivity index (χ3n) is 2.87. The number of carbonyl (C=O) groups is 1. The van der Waals surface area contributed by atoms with Crippen LogP contribution in [-0.4, -0.2) is 27.2 Å². The zero-order chi connectivity index (χ0) is 15.2. The second-order valence-corrected chi connectivity index (χ2v) is 4.41. The van der Waals surface area contributed by atoms with E-state index in [2.05, 4.69) is 10.4 Å². The summed E-state index contributed by atoms with van der Waals surface area (Å²) in [5.41, 5.74) is 5.59. The smallest absolute Gasteiger partial charge is 0.282 e. The minimum Gasteiger partial charge on any atom is -0.399 e. The lowest BCUT2D eigenvalue weighted by Crippen LogP contribution is -2.26. The fraction of sp³-hybridized carbons (Fsp3) is 0.231. The van der Waals surface area contributed by atoms with Gasteiger partial charge in [0.2, 0.25) is 0 Å². The number of hydrogen-bond donors (Lipinski definition) is 2. The lowest BCUT2D eigenvalue weighted by molar-refractivity contribution is -0.385. The highest BCUT2D eigenvalue weighted by atomic mass is 16.6. The number of nitrogens with zero attached hydrogens (tertiary/aromatic N) is 3. The van der Waals surface area contributed by atoms with E-state index in [4.69, 9.17) is 5.73 Å². The van der Waals surface area contributed by atoms with Crippen molar-refractivity contribution in [3.63, 3.8) is 0 Å². The van der Waals surface area contributed by atoms with E-state index in [0.29, 0.717) is 25.2 Å². The average Bonchev–Trinajstić information content (AvgIpc) is 2.96. The average molecular weight is 289 g/mol. The summed E-state index contributed by atoms with van der Waals surface area (Å²) in [4.78, 5) is 22.3. The Hall–Kier alpha value is -2.90. The summed E-state index contributed by atoms with van der Waals surface area (Å²) in [5, 5.41) is 17.6. The Morgan fingerprint density at radius 2 is 2.29 bits per heavy atom. The van der Waals surface area contributed by atoms with Gasteiger partial charge in [-0.2, -0.15) is 5.10 Å². The maximum absolute atomic E-state index is 12.0. The first-order chi connectivity index (χ1) is 10.1. The van der Waals surface area contributed by atoms with Crippen LogP contribution in [0.3, 0.4) is 0 Å². The predicted molar refractivity (Wildman–Crippen MR) is 76.7 cm³/mol. The summed E-state index contributed by atoms with van der Waals surface area (Å²) >= 11 is 0. The van der Waals surface area contributed by atoms with Gasteiger partial charge in [0.1, 0.15) is 5.56 Å². The first kappa shape index (κ1) is 14.5. The fourth-order valence-electron chi connectivity index (χ4n) is 1.87. The van der Waals surface area contributed by atoms with Crippen molar-refractivity contribution in [1.29, 1.82) is 0 Å². The van der Waals surface area contributed by atoms with Gasteiger partial charge in [-0.1, -0.05) is 0 Å². The first-order valence-electron chi connectivity index (χ1n) is 6.37. The number of rotatable bonds is 6. The van der Waals surface area contributed by atoms with E-state index < -0.39 is 10.8 Å². The summed E-state index contributed by atoms with van der Waals surface area (Å²) in [5.74, 6) is -0.505. The molecule has 0 aliphatic heterocycles. The van der Waals surface area contributed by atoms with E-state index in [0.717, 1.165) is 0 Å². The van der Waals surface area contributed by atoms with Gasteiger partial charge in [-0.05, 0) is 24.6 Å². The lowest BCUT2D eigenvalue weighted by atomic mass is 10.1. The molecule has 110 valence electrons. The van der Waals surface area contributed by atoms with Gasteiger partial charge in [0.05, 0.1) is 4.92 Å². The van der Waals surface area contributed by atoms with Crippen LogP contribution in [0.2, 0.25) is 0 Å². The van der Waals surface area contributed by atoms with Gasteiger partial charge in [-0.15, -0.1) is 0 Å². The van der Waals surface area contributed by atoms with Crippen LogP contribution in [0.1, 0.15) is 16.8 Å². The molecule has 21 heavy (non-hydrogen) atoms. The van der Waals surface area contributed by atoms with Crippen LogP contribution in [0.25, 0.3) is 0 Å². The number of aryl methyl sites for hydroxylation is 1. The van der Waals surface area contributed by atoms with Crippen molar-refractivity contribution < 1.29 is 9.72 Å². The molecule has 1 aromatic heterocycles. The molecular formula is C13H15N5O3. The number of nitrogen functional groups attached to an aromatic ring is 1. The number of amides is 1. The topological polar surface area (TPSA) is 116 Å². The van der Waals surface area contributed by atoms with Gasteiger partial charge in [-0.25, -0.2) is 0 Å². The molecule has 0 spiro atoms. The maximum Gasteiger partial charge on any atom is 0.282 e. The quantitative estimate of drug-likeness (QED) is 0.358. The molecule has 0 saturated heterocycles. The summed E-state index contributed by atoms with van der Waals surface area (Å²) in [6, 6.07) is 5.75. The number of carbonyl (C=O) groups excluding carboxylic acids is 1. The Bertz CT molecular complexity index is 639. The zero-order valence-electron chi connectivity index (χ0n) is 11.2. The van der Waals surface area contributed by atoms with Crippen molar-refractivity contribution in [3.05, 3.63) is 52.3 Å². The molecule has 0 aliphatic rings. The molecule has 0 aliphatic carbocycles. The highest BCUT2D eigenvalue weighted by molar-refractivity contribution is 5.99. The molecule has 8 nitrogen and oxygen atoms in total. The van der Waals surface area contributed by atoms with Gasteiger partial charge < -0.3 is 11.1 Å². The van der Waals surface area contributed by atoms with Crippen LogP contribution in [0.5, 0.6) is 0 Å². The molecule has 1 aromatic carbocycles. The van der Waals surface area contributed by atoms with Crippen LogP contribution in [0.4, 0.5) is 11.4 Å².